The van der Waals surface area contributed by atoms with Crippen LogP contribution in [0.3, 0.4) is 0 Å². The lowest BCUT2D eigenvalue weighted by Crippen LogP contribution is -2.20. The lowest BCUT2D eigenvalue weighted by atomic mass is 10.2. The van der Waals surface area contributed by atoms with Crippen molar-refractivity contribution in [1.82, 2.24) is 9.97 Å². The van der Waals surface area contributed by atoms with Crippen LogP contribution < -0.4 is 10.2 Å². The van der Waals surface area contributed by atoms with Gasteiger partial charge in [0.05, 0.1) is 0 Å². The summed E-state index contributed by atoms with van der Waals surface area (Å²) in [5.41, 5.74) is 1.15. The van der Waals surface area contributed by atoms with Crippen LogP contribution in [0.1, 0.15) is 33.0 Å². The van der Waals surface area contributed by atoms with Crippen molar-refractivity contribution in [3.63, 3.8) is 0 Å². The van der Waals surface area contributed by atoms with E-state index in [4.69, 9.17) is 0 Å². The summed E-state index contributed by atoms with van der Waals surface area (Å²) in [4.78, 5) is 11.3. The van der Waals surface area contributed by atoms with Gasteiger partial charge in [0.25, 0.3) is 0 Å². The quantitative estimate of drug-likeness (QED) is 0.865. The number of benzene rings is 1. The fraction of sp³-hybridized carbons (Fsp3) is 0.412. The molecule has 1 aromatic carbocycles. The van der Waals surface area contributed by atoms with Crippen LogP contribution in [0.4, 0.5) is 17.3 Å². The first-order valence-corrected chi connectivity index (χ1v) is 7.58. The number of para-hydroxylation sites is 1. The van der Waals surface area contributed by atoms with Crippen LogP contribution in [-0.2, 0) is 0 Å². The lowest BCUT2D eigenvalue weighted by molar-refractivity contribution is 0.756. The topological polar surface area (TPSA) is 41.0 Å². The Morgan fingerprint density at radius 1 is 1.14 bits per heavy atom. The summed E-state index contributed by atoms with van der Waals surface area (Å²) in [6.07, 6.45) is 1.06. The molecule has 0 bridgehead atoms. The van der Waals surface area contributed by atoms with E-state index in [9.17, 15) is 0 Å². The van der Waals surface area contributed by atoms with Gasteiger partial charge in [-0.3, -0.25) is 0 Å². The summed E-state index contributed by atoms with van der Waals surface area (Å²) in [7, 11) is 0. The smallest absolute Gasteiger partial charge is 0.138 e. The van der Waals surface area contributed by atoms with E-state index in [1.165, 1.54) is 0 Å². The van der Waals surface area contributed by atoms with Gasteiger partial charge < -0.3 is 10.2 Å². The molecular formula is C17H24N4. The monoisotopic (exact) mass is 284 g/mol. The van der Waals surface area contributed by atoms with E-state index in [1.54, 1.807) is 0 Å². The fourth-order valence-corrected chi connectivity index (χ4v) is 2.20. The Kier molecular flexibility index (Phi) is 5.14. The van der Waals surface area contributed by atoms with Crippen LogP contribution in [-0.4, -0.2) is 22.6 Å². The number of nitrogens with one attached hydrogen (secondary N) is 1. The summed E-state index contributed by atoms with van der Waals surface area (Å²) >= 11 is 0. The Hall–Kier alpha value is -2.10. The minimum atomic E-state index is 0.402. The van der Waals surface area contributed by atoms with E-state index in [0.717, 1.165) is 36.1 Å². The molecule has 0 saturated heterocycles. The summed E-state index contributed by atoms with van der Waals surface area (Å²) in [5.74, 6) is 2.61. The van der Waals surface area contributed by atoms with Gasteiger partial charge in [0.1, 0.15) is 17.5 Å². The minimum absolute atomic E-state index is 0.402. The number of hydrogen-bond acceptors (Lipinski definition) is 4. The third-order valence-electron chi connectivity index (χ3n) is 3.49. The maximum atomic E-state index is 4.59. The first-order valence-electron chi connectivity index (χ1n) is 7.58. The molecule has 0 amide bonds. The second-order valence-corrected chi connectivity index (χ2v) is 5.19. The van der Waals surface area contributed by atoms with Crippen molar-refractivity contribution in [2.24, 2.45) is 0 Å². The number of rotatable bonds is 6. The first kappa shape index (κ1) is 15.3. The van der Waals surface area contributed by atoms with Gasteiger partial charge in [-0.1, -0.05) is 25.1 Å². The molecule has 1 N–H and O–H groups in total. The van der Waals surface area contributed by atoms with Gasteiger partial charge in [-0.15, -0.1) is 0 Å². The van der Waals surface area contributed by atoms with Crippen molar-refractivity contribution in [2.45, 2.75) is 40.2 Å². The van der Waals surface area contributed by atoms with Gasteiger partial charge >= 0.3 is 0 Å². The molecule has 0 aliphatic heterocycles. The average molecular weight is 284 g/mol. The molecule has 4 heteroatoms. The Morgan fingerprint density at radius 3 is 2.48 bits per heavy atom. The van der Waals surface area contributed by atoms with Gasteiger partial charge in [-0.05, 0) is 39.3 Å². The zero-order valence-corrected chi connectivity index (χ0v) is 13.3. The molecule has 4 nitrogen and oxygen atoms in total. The molecular weight excluding hydrogens is 260 g/mol. The van der Waals surface area contributed by atoms with Crippen LogP contribution in [0.15, 0.2) is 36.4 Å². The Balaban J connectivity index is 2.33. The molecule has 0 saturated carbocycles. The van der Waals surface area contributed by atoms with E-state index in [2.05, 4.69) is 53.1 Å². The van der Waals surface area contributed by atoms with Gasteiger partial charge in [-0.2, -0.15) is 0 Å². The van der Waals surface area contributed by atoms with E-state index in [1.807, 2.05) is 31.2 Å². The highest BCUT2D eigenvalue weighted by Gasteiger charge is 2.11. The van der Waals surface area contributed by atoms with Crippen LogP contribution >= 0.6 is 0 Å². The maximum absolute atomic E-state index is 4.59. The van der Waals surface area contributed by atoms with Crippen LogP contribution in [0.2, 0.25) is 0 Å². The zero-order chi connectivity index (χ0) is 15.2. The third kappa shape index (κ3) is 3.94. The number of aryl methyl sites for hydroxylation is 1. The molecule has 1 aromatic heterocycles. The second kappa shape index (κ2) is 7.07. The number of nitrogens with zero attached hydrogens (tertiary/aromatic N) is 3. The summed E-state index contributed by atoms with van der Waals surface area (Å²) in [6, 6.07) is 12.7. The largest absolute Gasteiger partial charge is 0.367 e. The van der Waals surface area contributed by atoms with Crippen LogP contribution in [0, 0.1) is 6.92 Å². The Labute approximate surface area is 127 Å². The lowest BCUT2D eigenvalue weighted by Gasteiger charge is -2.23. The van der Waals surface area contributed by atoms with E-state index < -0.39 is 0 Å². The third-order valence-corrected chi connectivity index (χ3v) is 3.49. The molecule has 0 spiro atoms. The molecule has 1 heterocycles. The Morgan fingerprint density at radius 2 is 1.86 bits per heavy atom. The molecule has 0 aliphatic carbocycles. The highest BCUT2D eigenvalue weighted by Crippen LogP contribution is 2.25. The van der Waals surface area contributed by atoms with E-state index in [0.29, 0.717) is 6.04 Å². The van der Waals surface area contributed by atoms with Gasteiger partial charge in [0.2, 0.25) is 0 Å². The second-order valence-electron chi connectivity index (χ2n) is 5.19. The highest BCUT2D eigenvalue weighted by atomic mass is 15.2. The number of anilines is 3. The highest BCUT2D eigenvalue weighted by molar-refractivity contribution is 5.62. The van der Waals surface area contributed by atoms with E-state index in [-0.39, 0.29) is 0 Å². The molecule has 112 valence electrons. The van der Waals surface area contributed by atoms with Crippen molar-refractivity contribution in [1.29, 1.82) is 0 Å². The molecule has 21 heavy (non-hydrogen) atoms. The zero-order valence-electron chi connectivity index (χ0n) is 13.3. The predicted molar refractivity (Wildman–Crippen MR) is 89.3 cm³/mol. The number of hydrogen-bond donors (Lipinski definition) is 1. The van der Waals surface area contributed by atoms with Gasteiger partial charge in [0.15, 0.2) is 0 Å². The normalized spacial score (nSPS) is 12.0. The number of aromatic nitrogens is 2. The summed E-state index contributed by atoms with van der Waals surface area (Å²) < 4.78 is 0. The molecule has 0 radical (unpaired) electrons. The molecule has 1 atom stereocenters. The average Bonchev–Trinajstić information content (AvgIpc) is 2.48. The molecule has 2 rings (SSSR count). The first-order chi connectivity index (χ1) is 10.1. The van der Waals surface area contributed by atoms with Crippen molar-refractivity contribution in [3.05, 3.63) is 42.2 Å². The SMILES string of the molecule is CCC(C)Nc1cc(N(CC)c2ccccc2)nc(C)n1. The van der Waals surface area contributed by atoms with Crippen molar-refractivity contribution in [2.75, 3.05) is 16.8 Å². The fourth-order valence-electron chi connectivity index (χ4n) is 2.20. The van der Waals surface area contributed by atoms with Gasteiger partial charge in [-0.25, -0.2) is 9.97 Å². The standard InChI is InChI=1S/C17H24N4/c1-5-13(3)18-16-12-17(20-14(4)19-16)21(6-2)15-10-8-7-9-11-15/h7-13H,5-6H2,1-4H3,(H,18,19,20). The van der Waals surface area contributed by atoms with Crippen LogP contribution in [0.5, 0.6) is 0 Å². The van der Waals surface area contributed by atoms with Crippen LogP contribution in [0.25, 0.3) is 0 Å². The maximum Gasteiger partial charge on any atom is 0.138 e. The molecule has 1 unspecified atom stereocenters. The molecule has 0 aliphatic rings. The molecule has 0 fully saturated rings. The van der Waals surface area contributed by atoms with Crippen molar-refractivity contribution in [3.8, 4) is 0 Å². The summed E-state index contributed by atoms with van der Waals surface area (Å²) in [6.45, 7) is 9.25. The van der Waals surface area contributed by atoms with Crippen molar-refractivity contribution >= 4 is 17.3 Å². The Bertz CT molecular complexity index is 568. The van der Waals surface area contributed by atoms with Crippen molar-refractivity contribution < 1.29 is 0 Å². The van der Waals surface area contributed by atoms with Gasteiger partial charge in [0, 0.05) is 24.3 Å². The van der Waals surface area contributed by atoms with E-state index >= 15 is 0 Å². The minimum Gasteiger partial charge on any atom is -0.367 e. The molecule has 2 aromatic rings. The summed E-state index contributed by atoms with van der Waals surface area (Å²) in [5, 5.41) is 3.43. The predicted octanol–water partition coefficient (Wildman–Crippen LogP) is 4.15.